The van der Waals surface area contributed by atoms with Crippen LogP contribution < -0.4 is 24.8 Å². The van der Waals surface area contributed by atoms with Crippen molar-refractivity contribution in [3.05, 3.63) is 0 Å². The van der Waals surface area contributed by atoms with Gasteiger partial charge in [-0.25, -0.2) is 0 Å². The Hall–Kier alpha value is 2.09. The molecule has 0 saturated carbocycles. The molecule has 0 unspecified atom stereocenters. The molecule has 0 N–H and O–H groups in total. The van der Waals surface area contributed by atoms with E-state index in [1.807, 2.05) is 0 Å². The van der Waals surface area contributed by atoms with Crippen molar-refractivity contribution in [3.63, 3.8) is 0 Å². The van der Waals surface area contributed by atoms with Crippen LogP contribution in [-0.2, 0) is 21.7 Å². The first-order chi connectivity index (χ1) is 0. The smallest absolute Gasteiger partial charge is 1.00 e. The zero-order chi connectivity index (χ0) is 0. The normalized spacial score (nSPS) is 0. The van der Waals surface area contributed by atoms with Crippen molar-refractivity contribution in [2.45, 2.75) is 0 Å². The van der Waals surface area contributed by atoms with Gasteiger partial charge in [-0.15, -0.1) is 0 Å². The summed E-state index contributed by atoms with van der Waals surface area (Å²) in [6.07, 6.45) is 0. The Morgan fingerprint density at radius 2 is 0.750 bits per heavy atom. The van der Waals surface area contributed by atoms with E-state index >= 15 is 0 Å². The molecule has 0 amide bonds. The largest absolute Gasteiger partial charge is 2.00 e. The number of hydrogen-bond donors (Lipinski definition) is 0. The van der Waals surface area contributed by atoms with E-state index in [9.17, 15) is 0 Å². The molecule has 0 heterocycles. The number of rotatable bonds is 0. The van der Waals surface area contributed by atoms with Gasteiger partial charge in [0.25, 0.3) is 0 Å². The van der Waals surface area contributed by atoms with E-state index in [-0.39, 0.29) is 70.4 Å². The summed E-state index contributed by atoms with van der Waals surface area (Å²) in [5.74, 6) is 0. The maximum absolute atomic E-state index is 0. The molecule has 0 bridgehead atoms. The standard InChI is InChI=1S/2ClH.Sn.Ti/h2*1H;;/q;;+2;/p-2. The minimum absolute atomic E-state index is 0. The van der Waals surface area contributed by atoms with E-state index in [1.165, 1.54) is 0 Å². The van der Waals surface area contributed by atoms with Gasteiger partial charge in [0, 0.05) is 21.7 Å². The molecular formula is Cl2SnTi. The van der Waals surface area contributed by atoms with Gasteiger partial charge in [-0.1, -0.05) is 0 Å². The molecule has 0 aliphatic heterocycles. The zero-order valence-corrected chi connectivity index (χ0v) is 7.68. The van der Waals surface area contributed by atoms with Crippen molar-refractivity contribution in [3.8, 4) is 0 Å². The van der Waals surface area contributed by atoms with Gasteiger partial charge >= 0.3 is 23.9 Å². The Morgan fingerprint density at radius 3 is 0.750 bits per heavy atom. The van der Waals surface area contributed by atoms with Crippen molar-refractivity contribution < 1.29 is 46.5 Å². The van der Waals surface area contributed by atoms with E-state index < -0.39 is 0 Å². The predicted molar refractivity (Wildman–Crippen MR) is 5.75 cm³/mol. The van der Waals surface area contributed by atoms with Crippen LogP contribution in [0.25, 0.3) is 0 Å². The summed E-state index contributed by atoms with van der Waals surface area (Å²) in [4.78, 5) is 0. The van der Waals surface area contributed by atoms with E-state index in [1.54, 1.807) is 0 Å². The molecule has 0 rings (SSSR count). The summed E-state index contributed by atoms with van der Waals surface area (Å²) < 4.78 is 0. The average molecular weight is 237 g/mol. The second-order valence-corrected chi connectivity index (χ2v) is 0. The molecule has 0 aromatic carbocycles. The maximum atomic E-state index is 0. The Bertz CT molecular complexity index is 6.00. The van der Waals surface area contributed by atoms with E-state index in [4.69, 9.17) is 0 Å². The van der Waals surface area contributed by atoms with Crippen LogP contribution in [0.4, 0.5) is 0 Å². The van der Waals surface area contributed by atoms with Gasteiger partial charge in [-0.05, 0) is 0 Å². The molecular weight excluding hydrogens is 237 g/mol. The first-order valence-electron chi connectivity index (χ1n) is 0. The molecule has 0 nitrogen and oxygen atoms in total. The molecule has 4 heteroatoms. The third-order valence-corrected chi connectivity index (χ3v) is 0. The fourth-order valence-corrected chi connectivity index (χ4v) is 0. The Labute approximate surface area is 69.8 Å². The molecule has 0 aromatic heterocycles. The fourth-order valence-electron chi connectivity index (χ4n) is 0. The molecule has 0 aromatic rings. The monoisotopic (exact) mass is 238 g/mol. The van der Waals surface area contributed by atoms with Gasteiger partial charge in [0.1, 0.15) is 0 Å². The summed E-state index contributed by atoms with van der Waals surface area (Å²) >= 11 is 0. The van der Waals surface area contributed by atoms with Crippen molar-refractivity contribution in [1.29, 1.82) is 0 Å². The number of hydrogen-bond acceptors (Lipinski definition) is 0. The fraction of sp³-hybridized carbons (Fsp3) is 0. The van der Waals surface area contributed by atoms with Crippen LogP contribution in [0.15, 0.2) is 0 Å². The SMILES string of the molecule is [Cl-].[Cl-].[Sn+2].[Ti]. The molecule has 2 radical (unpaired) electrons. The molecule has 0 spiro atoms. The average Bonchev–Trinajstić information content (AvgIpc) is 0. The van der Waals surface area contributed by atoms with E-state index in [0.717, 1.165) is 0 Å². The van der Waals surface area contributed by atoms with Crippen LogP contribution in [0.3, 0.4) is 0 Å². The summed E-state index contributed by atoms with van der Waals surface area (Å²) in [7, 11) is 0. The maximum Gasteiger partial charge on any atom is 2.00 e. The molecule has 0 atom stereocenters. The molecule has 4 heavy (non-hydrogen) atoms. The second-order valence-electron chi connectivity index (χ2n) is 0. The summed E-state index contributed by atoms with van der Waals surface area (Å²) in [5, 5.41) is 0. The van der Waals surface area contributed by atoms with Gasteiger partial charge in [0.2, 0.25) is 0 Å². The third-order valence-electron chi connectivity index (χ3n) is 0. The van der Waals surface area contributed by atoms with E-state index in [2.05, 4.69) is 0 Å². The molecule has 0 aliphatic rings. The summed E-state index contributed by atoms with van der Waals surface area (Å²) in [5.41, 5.74) is 0. The van der Waals surface area contributed by atoms with E-state index in [0.29, 0.717) is 0 Å². The zero-order valence-electron chi connectivity index (χ0n) is 1.76. The van der Waals surface area contributed by atoms with Crippen molar-refractivity contribution in [1.82, 2.24) is 0 Å². The van der Waals surface area contributed by atoms with Crippen molar-refractivity contribution in [2.75, 3.05) is 0 Å². The van der Waals surface area contributed by atoms with Crippen LogP contribution in [0, 0.1) is 0 Å². The van der Waals surface area contributed by atoms with Crippen molar-refractivity contribution in [2.24, 2.45) is 0 Å². The summed E-state index contributed by atoms with van der Waals surface area (Å²) in [6, 6.07) is 0. The topological polar surface area (TPSA) is 0 Å². The summed E-state index contributed by atoms with van der Waals surface area (Å²) in [6.45, 7) is 0. The number of halogens is 2. The van der Waals surface area contributed by atoms with Crippen LogP contribution in [0.1, 0.15) is 0 Å². The minimum Gasteiger partial charge on any atom is -1.00 e. The van der Waals surface area contributed by atoms with Crippen LogP contribution >= 0.6 is 0 Å². The van der Waals surface area contributed by atoms with Gasteiger partial charge in [-0.3, -0.25) is 0 Å². The second kappa shape index (κ2) is 19.5. The third kappa shape index (κ3) is 8.94. The van der Waals surface area contributed by atoms with Crippen LogP contribution in [0.2, 0.25) is 0 Å². The quantitative estimate of drug-likeness (QED) is 0.368. The van der Waals surface area contributed by atoms with Gasteiger partial charge < -0.3 is 24.8 Å². The Morgan fingerprint density at radius 1 is 0.750 bits per heavy atom. The molecule has 22 valence electrons. The first kappa shape index (κ1) is 36.1. The Kier molecular flexibility index (Phi) is 176. The van der Waals surface area contributed by atoms with Crippen LogP contribution in [0.5, 0.6) is 0 Å². The predicted octanol–water partition coefficient (Wildman–Crippen LogP) is -6.38. The van der Waals surface area contributed by atoms with Crippen molar-refractivity contribution >= 4 is 23.9 Å². The first-order valence-corrected chi connectivity index (χ1v) is 0. The molecule has 0 fully saturated rings. The minimum atomic E-state index is 0. The van der Waals surface area contributed by atoms with Crippen LogP contribution in [-0.4, -0.2) is 23.9 Å². The Balaban J connectivity index is 0. The molecule has 0 aliphatic carbocycles. The molecule has 0 saturated heterocycles. The van der Waals surface area contributed by atoms with Gasteiger partial charge in [0.15, 0.2) is 0 Å². The van der Waals surface area contributed by atoms with Gasteiger partial charge in [-0.2, -0.15) is 0 Å². The van der Waals surface area contributed by atoms with Gasteiger partial charge in [0.05, 0.1) is 0 Å².